The van der Waals surface area contributed by atoms with Gasteiger partial charge in [-0.15, -0.1) is 0 Å². The lowest BCUT2D eigenvalue weighted by molar-refractivity contribution is -0.153. The molecule has 1 saturated carbocycles. The zero-order valence-electron chi connectivity index (χ0n) is 11.5. The lowest BCUT2D eigenvalue weighted by Crippen LogP contribution is -2.60. The van der Waals surface area contributed by atoms with Crippen LogP contribution in [-0.4, -0.2) is 37.9 Å². The highest BCUT2D eigenvalue weighted by Gasteiger charge is 2.45. The first-order valence-electron chi connectivity index (χ1n) is 7.14. The Morgan fingerprint density at radius 2 is 2.22 bits per heavy atom. The fourth-order valence-corrected chi connectivity index (χ4v) is 3.27. The van der Waals surface area contributed by atoms with E-state index < -0.39 is 5.54 Å². The summed E-state index contributed by atoms with van der Waals surface area (Å²) in [7, 11) is 1.49. The van der Waals surface area contributed by atoms with E-state index in [2.05, 4.69) is 12.2 Å². The first-order valence-corrected chi connectivity index (χ1v) is 7.14. The highest BCUT2D eigenvalue weighted by molar-refractivity contribution is 5.81. The average Bonchev–Trinajstić information content (AvgIpc) is 2.90. The number of nitrogens with one attached hydrogen (secondary N) is 1. The molecule has 2 fully saturated rings. The Labute approximate surface area is 109 Å². The van der Waals surface area contributed by atoms with Crippen molar-refractivity contribution < 1.29 is 14.3 Å². The molecule has 0 aromatic heterocycles. The van der Waals surface area contributed by atoms with Gasteiger partial charge >= 0.3 is 5.97 Å². The molecule has 2 aliphatic rings. The Balaban J connectivity index is 2.01. The van der Waals surface area contributed by atoms with Crippen LogP contribution in [0.3, 0.4) is 0 Å². The molecule has 0 amide bonds. The van der Waals surface area contributed by atoms with Gasteiger partial charge in [-0.25, -0.2) is 0 Å². The van der Waals surface area contributed by atoms with Crippen molar-refractivity contribution in [3.05, 3.63) is 0 Å². The molecule has 2 rings (SSSR count). The number of carbonyl (C=O) groups is 1. The zero-order valence-corrected chi connectivity index (χ0v) is 11.5. The number of esters is 1. The summed E-state index contributed by atoms with van der Waals surface area (Å²) in [6, 6.07) is 0. The second-order valence-electron chi connectivity index (χ2n) is 5.63. The molecule has 1 aliphatic carbocycles. The summed E-state index contributed by atoms with van der Waals surface area (Å²) < 4.78 is 10.7. The third-order valence-electron chi connectivity index (χ3n) is 4.52. The summed E-state index contributed by atoms with van der Waals surface area (Å²) in [5.74, 6) is 0.229. The van der Waals surface area contributed by atoms with Crippen LogP contribution in [0.5, 0.6) is 0 Å². The Kier molecular flexibility index (Phi) is 4.62. The van der Waals surface area contributed by atoms with Gasteiger partial charge in [-0.05, 0) is 31.6 Å². The largest absolute Gasteiger partial charge is 0.468 e. The fraction of sp³-hybridized carbons (Fsp3) is 0.929. The van der Waals surface area contributed by atoms with Gasteiger partial charge in [0.25, 0.3) is 0 Å². The quantitative estimate of drug-likeness (QED) is 0.779. The van der Waals surface area contributed by atoms with Gasteiger partial charge in [0, 0.05) is 13.2 Å². The molecule has 0 aromatic carbocycles. The highest BCUT2D eigenvalue weighted by Crippen LogP contribution is 2.34. The molecular weight excluding hydrogens is 230 g/mol. The molecule has 1 saturated heterocycles. The summed E-state index contributed by atoms with van der Waals surface area (Å²) in [6.45, 7) is 3.77. The Hall–Kier alpha value is -0.610. The second kappa shape index (κ2) is 6.02. The van der Waals surface area contributed by atoms with Crippen LogP contribution in [0, 0.1) is 5.92 Å². The molecule has 0 aromatic rings. The van der Waals surface area contributed by atoms with E-state index in [1.807, 2.05) is 0 Å². The third-order valence-corrected chi connectivity index (χ3v) is 4.52. The number of carbonyl (C=O) groups excluding carboxylic acids is 1. The number of methoxy groups -OCH3 is 1. The van der Waals surface area contributed by atoms with Gasteiger partial charge in [0.15, 0.2) is 0 Å². The Morgan fingerprint density at radius 3 is 2.83 bits per heavy atom. The molecule has 1 N–H and O–H groups in total. The van der Waals surface area contributed by atoms with Crippen LogP contribution >= 0.6 is 0 Å². The van der Waals surface area contributed by atoms with E-state index in [1.165, 1.54) is 13.5 Å². The molecule has 104 valence electrons. The maximum absolute atomic E-state index is 12.2. The molecule has 1 aliphatic heterocycles. The summed E-state index contributed by atoms with van der Waals surface area (Å²) in [5.41, 5.74) is -0.487. The van der Waals surface area contributed by atoms with Gasteiger partial charge in [0.05, 0.1) is 13.2 Å². The van der Waals surface area contributed by atoms with Gasteiger partial charge in [-0.3, -0.25) is 10.1 Å². The van der Waals surface area contributed by atoms with Crippen LogP contribution in [0.1, 0.15) is 45.4 Å². The molecule has 4 heteroatoms. The summed E-state index contributed by atoms with van der Waals surface area (Å²) in [5, 5.41) is 3.48. The minimum atomic E-state index is -0.487. The van der Waals surface area contributed by atoms with Crippen molar-refractivity contribution in [2.24, 2.45) is 5.92 Å². The van der Waals surface area contributed by atoms with E-state index >= 15 is 0 Å². The zero-order chi connectivity index (χ0) is 13.0. The average molecular weight is 255 g/mol. The number of hydrogen-bond donors (Lipinski definition) is 1. The lowest BCUT2D eigenvalue weighted by atomic mass is 9.73. The van der Waals surface area contributed by atoms with Crippen molar-refractivity contribution in [1.82, 2.24) is 5.32 Å². The van der Waals surface area contributed by atoms with Crippen molar-refractivity contribution >= 4 is 5.97 Å². The lowest BCUT2D eigenvalue weighted by Gasteiger charge is -2.41. The van der Waals surface area contributed by atoms with Gasteiger partial charge < -0.3 is 9.47 Å². The first-order chi connectivity index (χ1) is 8.69. The summed E-state index contributed by atoms with van der Waals surface area (Å²) in [4.78, 5) is 12.2. The van der Waals surface area contributed by atoms with Gasteiger partial charge in [-0.1, -0.05) is 19.8 Å². The topological polar surface area (TPSA) is 47.6 Å². The molecule has 0 bridgehead atoms. The van der Waals surface area contributed by atoms with Gasteiger partial charge in [0.1, 0.15) is 5.54 Å². The van der Waals surface area contributed by atoms with Crippen LogP contribution in [0.4, 0.5) is 0 Å². The van der Waals surface area contributed by atoms with E-state index in [-0.39, 0.29) is 12.1 Å². The van der Waals surface area contributed by atoms with E-state index in [1.54, 1.807) is 0 Å². The highest BCUT2D eigenvalue weighted by atomic mass is 16.5. The normalized spacial score (nSPS) is 36.6. The second-order valence-corrected chi connectivity index (χ2v) is 5.63. The molecule has 4 nitrogen and oxygen atoms in total. The van der Waals surface area contributed by atoms with Crippen molar-refractivity contribution in [3.8, 4) is 0 Å². The van der Waals surface area contributed by atoms with Crippen LogP contribution in [-0.2, 0) is 14.3 Å². The van der Waals surface area contributed by atoms with Crippen LogP contribution in [0.25, 0.3) is 0 Å². The molecular formula is C14H25NO3. The third kappa shape index (κ3) is 2.69. The van der Waals surface area contributed by atoms with Crippen molar-refractivity contribution in [3.63, 3.8) is 0 Å². The van der Waals surface area contributed by atoms with Gasteiger partial charge in [-0.2, -0.15) is 0 Å². The SMILES string of the molecule is COC(=O)C1(NCC2CCCO2)CCCCC1C. The van der Waals surface area contributed by atoms with E-state index in [4.69, 9.17) is 9.47 Å². The Morgan fingerprint density at radius 1 is 1.39 bits per heavy atom. The fourth-order valence-electron chi connectivity index (χ4n) is 3.27. The van der Waals surface area contributed by atoms with Crippen molar-refractivity contribution in [2.75, 3.05) is 20.3 Å². The predicted molar refractivity (Wildman–Crippen MR) is 69.4 cm³/mol. The summed E-state index contributed by atoms with van der Waals surface area (Å²) >= 11 is 0. The maximum Gasteiger partial charge on any atom is 0.326 e. The predicted octanol–water partition coefficient (Wildman–Crippen LogP) is 1.88. The van der Waals surface area contributed by atoms with Crippen molar-refractivity contribution in [1.29, 1.82) is 0 Å². The standard InChI is InChI=1S/C14H25NO3/c1-11-6-3-4-8-14(11,13(16)17-2)15-10-12-7-5-9-18-12/h11-12,15H,3-10H2,1-2H3. The van der Waals surface area contributed by atoms with E-state index in [0.29, 0.717) is 5.92 Å². The van der Waals surface area contributed by atoms with E-state index in [9.17, 15) is 4.79 Å². The molecule has 3 atom stereocenters. The smallest absolute Gasteiger partial charge is 0.326 e. The number of hydrogen-bond acceptors (Lipinski definition) is 4. The molecule has 1 heterocycles. The van der Waals surface area contributed by atoms with Crippen molar-refractivity contribution in [2.45, 2.75) is 57.1 Å². The number of ether oxygens (including phenoxy) is 2. The summed E-state index contributed by atoms with van der Waals surface area (Å²) in [6.07, 6.45) is 6.77. The number of rotatable bonds is 4. The van der Waals surface area contributed by atoms with Gasteiger partial charge in [0.2, 0.25) is 0 Å². The maximum atomic E-state index is 12.2. The van der Waals surface area contributed by atoms with Crippen LogP contribution in [0.2, 0.25) is 0 Å². The monoisotopic (exact) mass is 255 g/mol. The first kappa shape index (κ1) is 13.8. The molecule has 18 heavy (non-hydrogen) atoms. The molecule has 0 radical (unpaired) electrons. The van der Waals surface area contributed by atoms with Crippen LogP contribution in [0.15, 0.2) is 0 Å². The Bertz CT molecular complexity index is 289. The minimum absolute atomic E-state index is 0.104. The van der Waals surface area contributed by atoms with E-state index in [0.717, 1.165) is 45.3 Å². The van der Waals surface area contributed by atoms with Crippen LogP contribution < -0.4 is 5.32 Å². The molecule has 0 spiro atoms. The minimum Gasteiger partial charge on any atom is -0.468 e. The molecule has 3 unspecified atom stereocenters.